The number of sulfonamides is 1. The van der Waals surface area contributed by atoms with Crippen LogP contribution in [0.15, 0.2) is 36.4 Å². The number of aromatic nitrogens is 1. The summed E-state index contributed by atoms with van der Waals surface area (Å²) in [5.41, 5.74) is -2.38. The summed E-state index contributed by atoms with van der Waals surface area (Å²) in [7, 11) is -2.45. The highest BCUT2D eigenvalue weighted by Crippen LogP contribution is 2.48. The van der Waals surface area contributed by atoms with E-state index >= 15 is 0 Å². The first kappa shape index (κ1) is 43.0. The van der Waals surface area contributed by atoms with Crippen LogP contribution in [-0.2, 0) is 29.1 Å². The Kier molecular flexibility index (Phi) is 12.0. The second kappa shape index (κ2) is 16.2. The predicted molar refractivity (Wildman–Crippen MR) is 217 cm³/mol. The minimum atomic E-state index is -4.02. The number of ether oxygens (including phenoxy) is 4. The van der Waals surface area contributed by atoms with Crippen LogP contribution >= 0.6 is 0 Å². The molecule has 2 aliphatic heterocycles. The number of hydrogen-bond acceptors (Lipinski definition) is 11. The Hall–Kier alpha value is -4.60. The normalized spacial score (nSPS) is 28.6. The molecule has 0 radical (unpaired) electrons. The fourth-order valence-corrected chi connectivity index (χ4v) is 9.20. The number of rotatable bonds is 9. The molecule has 1 saturated heterocycles. The van der Waals surface area contributed by atoms with E-state index in [1.807, 2.05) is 45.1 Å². The van der Waals surface area contributed by atoms with E-state index in [-0.39, 0.29) is 43.2 Å². The number of carbonyl (C=O) groups is 4. The van der Waals surface area contributed by atoms with Crippen LogP contribution in [0.2, 0.25) is 0 Å². The molecular formula is C42H59N5O10S. The summed E-state index contributed by atoms with van der Waals surface area (Å²) >= 11 is 0. The van der Waals surface area contributed by atoms with Crippen LogP contribution < -0.4 is 29.6 Å². The van der Waals surface area contributed by atoms with Crippen molar-refractivity contribution in [2.75, 3.05) is 13.7 Å². The summed E-state index contributed by atoms with van der Waals surface area (Å²) in [5.74, 6) is -1.50. The Labute approximate surface area is 341 Å². The van der Waals surface area contributed by atoms with Crippen molar-refractivity contribution < 1.29 is 46.5 Å². The molecule has 1 aromatic heterocycles. The Morgan fingerprint density at radius 2 is 1.81 bits per heavy atom. The maximum absolute atomic E-state index is 14.9. The van der Waals surface area contributed by atoms with E-state index in [9.17, 15) is 27.6 Å². The highest BCUT2D eigenvalue weighted by molar-refractivity contribution is 7.91. The van der Waals surface area contributed by atoms with Crippen molar-refractivity contribution in [3.8, 4) is 17.5 Å². The van der Waals surface area contributed by atoms with Gasteiger partial charge in [-0.3, -0.25) is 19.1 Å². The van der Waals surface area contributed by atoms with Crippen LogP contribution in [0.1, 0.15) is 100 Å². The number of nitrogens with zero attached hydrogens (tertiary/aromatic N) is 2. The summed E-state index contributed by atoms with van der Waals surface area (Å²) < 4.78 is 51.3. The Morgan fingerprint density at radius 1 is 1.09 bits per heavy atom. The number of amides is 4. The van der Waals surface area contributed by atoms with Gasteiger partial charge < -0.3 is 34.5 Å². The van der Waals surface area contributed by atoms with Crippen molar-refractivity contribution in [2.24, 2.45) is 17.8 Å². The fraction of sp³-hybridized carbons (Fsp3) is 0.643. The highest BCUT2D eigenvalue weighted by Gasteiger charge is 2.63. The SMILES string of the molecule is COc1ccc2c(OC3CC4C(=O)NC5(C(=O)NS(=O)(=O)C6(C)CC6)CC5C=CCCC(C)CC(C)C(NC(=O)OC(C)(C)C)C(=O)N4C3)nc(OC(C)C)cc2c1. The van der Waals surface area contributed by atoms with Crippen molar-refractivity contribution in [3.63, 3.8) is 0 Å². The zero-order valence-electron chi connectivity index (χ0n) is 35.0. The third kappa shape index (κ3) is 9.47. The number of benzene rings is 1. The molecule has 2 aliphatic carbocycles. The van der Waals surface area contributed by atoms with Gasteiger partial charge in [-0.2, -0.15) is 4.98 Å². The second-order valence-corrected chi connectivity index (χ2v) is 20.3. The van der Waals surface area contributed by atoms with Crippen LogP contribution in [0.5, 0.6) is 17.5 Å². The molecule has 3 heterocycles. The van der Waals surface area contributed by atoms with E-state index in [4.69, 9.17) is 18.9 Å². The van der Waals surface area contributed by atoms with Crippen molar-refractivity contribution in [2.45, 2.75) is 141 Å². The highest BCUT2D eigenvalue weighted by atomic mass is 32.2. The molecule has 2 saturated carbocycles. The number of hydrogen-bond donors (Lipinski definition) is 3. The van der Waals surface area contributed by atoms with Gasteiger partial charge in [0.15, 0.2) is 0 Å². The number of allylic oxidation sites excluding steroid dienone is 1. The van der Waals surface area contributed by atoms with Crippen molar-refractivity contribution in [1.82, 2.24) is 25.2 Å². The molecule has 15 nitrogen and oxygen atoms in total. The zero-order valence-corrected chi connectivity index (χ0v) is 35.9. The molecule has 0 spiro atoms. The lowest BCUT2D eigenvalue weighted by Gasteiger charge is -2.33. The van der Waals surface area contributed by atoms with Crippen molar-refractivity contribution in [3.05, 3.63) is 36.4 Å². The molecule has 7 unspecified atom stereocenters. The monoisotopic (exact) mass is 825 g/mol. The number of carbonyl (C=O) groups excluding carboxylic acids is 4. The lowest BCUT2D eigenvalue weighted by atomic mass is 9.88. The summed E-state index contributed by atoms with van der Waals surface area (Å²) in [6, 6.07) is 4.96. The van der Waals surface area contributed by atoms with Gasteiger partial charge in [0.2, 0.25) is 33.6 Å². The van der Waals surface area contributed by atoms with Crippen molar-refractivity contribution >= 4 is 44.6 Å². The molecule has 1 aromatic carbocycles. The topological polar surface area (TPSA) is 192 Å². The molecule has 4 amide bonds. The number of pyridine rings is 1. The third-order valence-corrected chi connectivity index (χ3v) is 13.7. The van der Waals surface area contributed by atoms with Crippen LogP contribution in [0, 0.1) is 17.8 Å². The number of methoxy groups -OCH3 is 1. The maximum Gasteiger partial charge on any atom is 0.408 e. The average molecular weight is 826 g/mol. The van der Waals surface area contributed by atoms with Gasteiger partial charge in [0.25, 0.3) is 5.91 Å². The maximum atomic E-state index is 14.9. The lowest BCUT2D eigenvalue weighted by molar-refractivity contribution is -0.142. The molecule has 58 heavy (non-hydrogen) atoms. The van der Waals surface area contributed by atoms with Gasteiger partial charge in [-0.1, -0.05) is 26.0 Å². The molecule has 7 atom stereocenters. The molecule has 2 aromatic rings. The number of alkyl carbamates (subject to hydrolysis) is 1. The minimum Gasteiger partial charge on any atom is -0.497 e. The zero-order chi connectivity index (χ0) is 42.4. The second-order valence-electron chi connectivity index (χ2n) is 18.1. The molecule has 3 N–H and O–H groups in total. The minimum absolute atomic E-state index is 0.00465. The van der Waals surface area contributed by atoms with Crippen LogP contribution in [0.25, 0.3) is 10.8 Å². The van der Waals surface area contributed by atoms with Gasteiger partial charge in [0, 0.05) is 23.8 Å². The first-order chi connectivity index (χ1) is 27.1. The lowest BCUT2D eigenvalue weighted by Crippen LogP contribution is -2.59. The summed E-state index contributed by atoms with van der Waals surface area (Å²) in [6.07, 6.45) is 5.15. The van der Waals surface area contributed by atoms with Gasteiger partial charge in [0.1, 0.15) is 35.1 Å². The van der Waals surface area contributed by atoms with E-state index in [1.165, 1.54) is 4.90 Å². The van der Waals surface area contributed by atoms with E-state index in [0.717, 1.165) is 11.8 Å². The van der Waals surface area contributed by atoms with E-state index in [1.54, 1.807) is 46.9 Å². The van der Waals surface area contributed by atoms with E-state index < -0.39 is 73.8 Å². The first-order valence-corrected chi connectivity index (χ1v) is 21.8. The average Bonchev–Trinajstić information content (AvgIpc) is 4.00. The molecule has 3 fully saturated rings. The Balaban J connectivity index is 1.37. The summed E-state index contributed by atoms with van der Waals surface area (Å²) in [5, 5.41) is 7.12. The largest absolute Gasteiger partial charge is 0.497 e. The molecule has 318 valence electrons. The van der Waals surface area contributed by atoms with Crippen LogP contribution in [0.3, 0.4) is 0 Å². The van der Waals surface area contributed by atoms with E-state index in [0.29, 0.717) is 42.7 Å². The molecule has 16 heteroatoms. The molecule has 0 bridgehead atoms. The predicted octanol–water partition coefficient (Wildman–Crippen LogP) is 5.16. The van der Waals surface area contributed by atoms with Gasteiger partial charge in [-0.05, 0) is 115 Å². The summed E-state index contributed by atoms with van der Waals surface area (Å²) in [4.78, 5) is 62.9. The number of fused-ring (bicyclic) bond motifs is 3. The first-order valence-electron chi connectivity index (χ1n) is 20.3. The van der Waals surface area contributed by atoms with E-state index in [2.05, 4.69) is 27.3 Å². The van der Waals surface area contributed by atoms with Crippen LogP contribution in [0.4, 0.5) is 4.79 Å². The summed E-state index contributed by atoms with van der Waals surface area (Å²) in [6.45, 7) is 14.4. The quantitative estimate of drug-likeness (QED) is 0.283. The van der Waals surface area contributed by atoms with Gasteiger partial charge in [0.05, 0.1) is 24.5 Å². The smallest absolute Gasteiger partial charge is 0.408 e. The number of nitrogens with one attached hydrogen (secondary N) is 3. The van der Waals surface area contributed by atoms with Gasteiger partial charge >= 0.3 is 6.09 Å². The van der Waals surface area contributed by atoms with Crippen LogP contribution in [-0.4, -0.2) is 95.9 Å². The Morgan fingerprint density at radius 3 is 2.47 bits per heavy atom. The molecule has 6 rings (SSSR count). The molecular weight excluding hydrogens is 767 g/mol. The van der Waals surface area contributed by atoms with Gasteiger partial charge in [-0.15, -0.1) is 0 Å². The van der Waals surface area contributed by atoms with Crippen molar-refractivity contribution in [1.29, 1.82) is 0 Å². The van der Waals surface area contributed by atoms with Gasteiger partial charge in [-0.25, -0.2) is 13.2 Å². The molecule has 4 aliphatic rings. The third-order valence-electron chi connectivity index (χ3n) is 11.5. The standard InChI is InChI=1S/C42H59N5O10S/c1-24(2)55-33-20-27-19-29(54-9)14-15-31(27)36(43-33)56-30-21-32-35(48)45-42(38(50)46-58(52,53)41(8)16-17-41)22-28(42)13-11-10-12-25(3)18-26(4)34(37(49)47(32)23-30)44-39(51)57-40(5,6)7/h11,13-15,19-20,24-26,28,30,32,34H,10,12,16-18,21-23H2,1-9H3,(H,44,51)(H,45,48)(H,46,50). The fourth-order valence-electron chi connectivity index (χ4n) is 7.89. The Bertz CT molecular complexity index is 2060.